The number of nitrogens with zero attached hydrogens (tertiary/aromatic N) is 2. The largest absolute Gasteiger partial charge is 0.347 e. The van der Waals surface area contributed by atoms with Crippen molar-refractivity contribution in [2.75, 3.05) is 19.6 Å². The fourth-order valence-corrected chi connectivity index (χ4v) is 4.72. The Morgan fingerprint density at radius 3 is 2.66 bits per heavy atom. The van der Waals surface area contributed by atoms with E-state index in [1.165, 1.54) is 5.56 Å². The molecule has 162 valence electrons. The summed E-state index contributed by atoms with van der Waals surface area (Å²) in [6, 6.07) is 18.0. The van der Waals surface area contributed by atoms with Crippen LogP contribution in [0.1, 0.15) is 29.9 Å². The maximum atomic E-state index is 12.7. The number of carbonyl (C=O) groups excluding carboxylic acids is 2. The molecule has 32 heavy (non-hydrogen) atoms. The lowest BCUT2D eigenvalue weighted by Gasteiger charge is -2.32. The Bertz CT molecular complexity index is 1270. The first-order valence-electron chi connectivity index (χ1n) is 11.1. The molecule has 0 saturated carbocycles. The molecular formula is C26H26N4O2. The molecule has 0 unspecified atom stereocenters. The van der Waals surface area contributed by atoms with E-state index in [4.69, 9.17) is 0 Å². The van der Waals surface area contributed by atoms with Gasteiger partial charge in [-0.2, -0.15) is 0 Å². The van der Waals surface area contributed by atoms with Crippen LogP contribution in [0.25, 0.3) is 21.8 Å². The van der Waals surface area contributed by atoms with E-state index in [1.807, 2.05) is 59.6 Å². The molecule has 1 fully saturated rings. The van der Waals surface area contributed by atoms with Crippen molar-refractivity contribution in [2.45, 2.75) is 25.2 Å². The Balaban J connectivity index is 1.14. The number of rotatable bonds is 5. The van der Waals surface area contributed by atoms with Crippen LogP contribution in [0, 0.1) is 0 Å². The zero-order chi connectivity index (χ0) is 21.9. The number of H-pyrrole nitrogens is 1. The van der Waals surface area contributed by atoms with Gasteiger partial charge >= 0.3 is 0 Å². The van der Waals surface area contributed by atoms with Gasteiger partial charge in [0.15, 0.2) is 0 Å². The minimum Gasteiger partial charge on any atom is -0.347 e. The van der Waals surface area contributed by atoms with Crippen molar-refractivity contribution in [3.63, 3.8) is 0 Å². The van der Waals surface area contributed by atoms with E-state index in [0.29, 0.717) is 19.0 Å². The van der Waals surface area contributed by atoms with Crippen LogP contribution >= 0.6 is 0 Å². The predicted molar refractivity (Wildman–Crippen MR) is 125 cm³/mol. The first kappa shape index (κ1) is 20.2. The van der Waals surface area contributed by atoms with Crippen LogP contribution in [-0.4, -0.2) is 46.3 Å². The van der Waals surface area contributed by atoms with Gasteiger partial charge < -0.3 is 15.2 Å². The zero-order valence-electron chi connectivity index (χ0n) is 17.9. The number of carbonyl (C=O) groups is 2. The predicted octanol–water partition coefficient (Wildman–Crippen LogP) is 3.78. The first-order chi connectivity index (χ1) is 15.7. The van der Waals surface area contributed by atoms with Crippen molar-refractivity contribution in [3.05, 3.63) is 78.1 Å². The second-order valence-electron chi connectivity index (χ2n) is 8.39. The molecule has 6 heteroatoms. The molecule has 0 aliphatic carbocycles. The molecule has 6 nitrogen and oxygen atoms in total. The third kappa shape index (κ3) is 4.08. The Morgan fingerprint density at radius 1 is 1.00 bits per heavy atom. The molecule has 1 aliphatic heterocycles. The summed E-state index contributed by atoms with van der Waals surface area (Å²) in [7, 11) is 0. The summed E-state index contributed by atoms with van der Waals surface area (Å²) < 4.78 is 0. The van der Waals surface area contributed by atoms with E-state index in [2.05, 4.69) is 21.4 Å². The fourth-order valence-electron chi connectivity index (χ4n) is 4.72. The summed E-state index contributed by atoms with van der Waals surface area (Å²) in [6.45, 7) is 1.45. The molecule has 5 rings (SSSR count). The standard InChI is InChI=1S/C26H26N4O2/c31-24(15-20-7-3-6-18-5-1-2-8-21(18)20)28-17-25(32)30-13-10-19(11-14-30)23-16-29-26-22(23)9-4-12-27-26/h1-9,12,16,19H,10-11,13-15,17H2,(H,27,29)(H,28,31). The van der Waals surface area contributed by atoms with E-state index in [0.717, 1.165) is 40.2 Å². The van der Waals surface area contributed by atoms with Gasteiger partial charge in [0, 0.05) is 30.9 Å². The third-order valence-electron chi connectivity index (χ3n) is 6.44. The number of benzene rings is 2. The highest BCUT2D eigenvalue weighted by atomic mass is 16.2. The van der Waals surface area contributed by atoms with Gasteiger partial charge in [0.05, 0.1) is 13.0 Å². The molecule has 1 aliphatic rings. The number of hydrogen-bond donors (Lipinski definition) is 2. The molecule has 0 spiro atoms. The van der Waals surface area contributed by atoms with Crippen molar-refractivity contribution in [2.24, 2.45) is 0 Å². The first-order valence-corrected chi connectivity index (χ1v) is 11.1. The Kier molecular flexibility index (Phi) is 5.58. The quantitative estimate of drug-likeness (QED) is 0.510. The zero-order valence-corrected chi connectivity index (χ0v) is 17.9. The highest BCUT2D eigenvalue weighted by molar-refractivity contribution is 5.91. The van der Waals surface area contributed by atoms with E-state index in [9.17, 15) is 9.59 Å². The van der Waals surface area contributed by atoms with Gasteiger partial charge in [-0.25, -0.2) is 4.98 Å². The van der Waals surface area contributed by atoms with Gasteiger partial charge in [-0.1, -0.05) is 42.5 Å². The van der Waals surface area contributed by atoms with Gasteiger partial charge in [-0.05, 0) is 52.8 Å². The summed E-state index contributed by atoms with van der Waals surface area (Å²) in [4.78, 5) is 34.6. The SMILES string of the molecule is O=C(Cc1cccc2ccccc12)NCC(=O)N1CCC(c2c[nH]c3ncccc23)CC1. The van der Waals surface area contributed by atoms with Crippen LogP contribution in [0.15, 0.2) is 67.0 Å². The van der Waals surface area contributed by atoms with Crippen LogP contribution in [-0.2, 0) is 16.0 Å². The average Bonchev–Trinajstić information content (AvgIpc) is 3.27. The number of pyridine rings is 1. The minimum absolute atomic E-state index is 0.0182. The minimum atomic E-state index is -0.129. The monoisotopic (exact) mass is 426 g/mol. The topological polar surface area (TPSA) is 78.1 Å². The van der Waals surface area contributed by atoms with Crippen LogP contribution in [0.2, 0.25) is 0 Å². The molecule has 3 heterocycles. The molecule has 2 aromatic carbocycles. The van der Waals surface area contributed by atoms with Crippen LogP contribution in [0.4, 0.5) is 0 Å². The number of nitrogens with one attached hydrogen (secondary N) is 2. The number of aromatic amines is 1. The molecule has 4 aromatic rings. The lowest BCUT2D eigenvalue weighted by Crippen LogP contribution is -2.44. The van der Waals surface area contributed by atoms with Crippen molar-refractivity contribution >= 4 is 33.6 Å². The van der Waals surface area contributed by atoms with Gasteiger partial charge in [0.25, 0.3) is 0 Å². The van der Waals surface area contributed by atoms with Gasteiger partial charge in [0.2, 0.25) is 11.8 Å². The fraction of sp³-hybridized carbons (Fsp3) is 0.269. The molecule has 1 saturated heterocycles. The third-order valence-corrected chi connectivity index (χ3v) is 6.44. The molecule has 2 N–H and O–H groups in total. The highest BCUT2D eigenvalue weighted by Gasteiger charge is 2.25. The van der Waals surface area contributed by atoms with Crippen molar-refractivity contribution in [3.8, 4) is 0 Å². The molecule has 2 aromatic heterocycles. The van der Waals surface area contributed by atoms with Gasteiger partial charge in [-0.3, -0.25) is 9.59 Å². The lowest BCUT2D eigenvalue weighted by molar-refractivity contribution is -0.133. The van der Waals surface area contributed by atoms with Gasteiger partial charge in [-0.15, -0.1) is 0 Å². The second kappa shape index (κ2) is 8.83. The van der Waals surface area contributed by atoms with E-state index >= 15 is 0 Å². The van der Waals surface area contributed by atoms with Crippen LogP contribution in [0.5, 0.6) is 0 Å². The number of likely N-dealkylation sites (tertiary alicyclic amines) is 1. The number of aromatic nitrogens is 2. The number of amides is 2. The molecular weight excluding hydrogens is 400 g/mol. The van der Waals surface area contributed by atoms with E-state index < -0.39 is 0 Å². The summed E-state index contributed by atoms with van der Waals surface area (Å²) in [5.41, 5.74) is 3.17. The van der Waals surface area contributed by atoms with E-state index in [-0.39, 0.29) is 24.8 Å². The maximum absolute atomic E-state index is 12.7. The molecule has 2 amide bonds. The Hall–Kier alpha value is -3.67. The molecule has 0 radical (unpaired) electrons. The highest BCUT2D eigenvalue weighted by Crippen LogP contribution is 2.32. The van der Waals surface area contributed by atoms with Crippen molar-refractivity contribution in [1.82, 2.24) is 20.2 Å². The van der Waals surface area contributed by atoms with Crippen molar-refractivity contribution < 1.29 is 9.59 Å². The molecule has 0 bridgehead atoms. The Labute approximate surface area is 186 Å². The Morgan fingerprint density at radius 2 is 1.78 bits per heavy atom. The second-order valence-corrected chi connectivity index (χ2v) is 8.39. The van der Waals surface area contributed by atoms with Crippen LogP contribution in [0.3, 0.4) is 0 Å². The smallest absolute Gasteiger partial charge is 0.241 e. The summed E-state index contributed by atoms with van der Waals surface area (Å²) in [5.74, 6) is 0.268. The van der Waals surface area contributed by atoms with Crippen LogP contribution < -0.4 is 5.32 Å². The molecule has 0 atom stereocenters. The van der Waals surface area contributed by atoms with E-state index in [1.54, 1.807) is 6.20 Å². The average molecular weight is 427 g/mol. The maximum Gasteiger partial charge on any atom is 0.241 e. The normalized spacial score (nSPS) is 14.7. The number of piperidine rings is 1. The van der Waals surface area contributed by atoms with Crippen molar-refractivity contribution in [1.29, 1.82) is 0 Å². The van der Waals surface area contributed by atoms with Gasteiger partial charge in [0.1, 0.15) is 5.65 Å². The summed E-state index contributed by atoms with van der Waals surface area (Å²) in [5, 5.41) is 6.17. The summed E-state index contributed by atoms with van der Waals surface area (Å²) in [6.07, 6.45) is 5.94. The summed E-state index contributed by atoms with van der Waals surface area (Å²) >= 11 is 0. The number of hydrogen-bond acceptors (Lipinski definition) is 3. The lowest BCUT2D eigenvalue weighted by atomic mass is 9.89. The number of fused-ring (bicyclic) bond motifs is 2.